The highest BCUT2D eigenvalue weighted by atomic mass is 16.5. The second kappa shape index (κ2) is 9.53. The minimum absolute atomic E-state index is 0.180. The SMILES string of the molecule is COCCOCCC(=O)N1CCCC1Cc1ccccc1OC. The predicted molar refractivity (Wildman–Crippen MR) is 88.7 cm³/mol. The summed E-state index contributed by atoms with van der Waals surface area (Å²) in [4.78, 5) is 14.4. The average molecular weight is 321 g/mol. The molecule has 1 aliphatic heterocycles. The van der Waals surface area contributed by atoms with Crippen LogP contribution in [0.25, 0.3) is 0 Å². The Labute approximate surface area is 138 Å². The van der Waals surface area contributed by atoms with Crippen LogP contribution in [-0.2, 0) is 20.7 Å². The molecule has 0 N–H and O–H groups in total. The number of methoxy groups -OCH3 is 2. The maximum absolute atomic E-state index is 12.4. The van der Waals surface area contributed by atoms with Gasteiger partial charge in [-0.2, -0.15) is 0 Å². The number of benzene rings is 1. The average Bonchev–Trinajstić information content (AvgIpc) is 3.03. The van der Waals surface area contributed by atoms with Crippen molar-refractivity contribution in [2.45, 2.75) is 31.7 Å². The van der Waals surface area contributed by atoms with E-state index in [0.717, 1.165) is 37.1 Å². The summed E-state index contributed by atoms with van der Waals surface area (Å²) in [6, 6.07) is 8.30. The van der Waals surface area contributed by atoms with Crippen LogP contribution in [-0.4, -0.2) is 57.4 Å². The third kappa shape index (κ3) is 5.22. The van der Waals surface area contributed by atoms with E-state index in [1.165, 1.54) is 0 Å². The first-order valence-corrected chi connectivity index (χ1v) is 8.24. The van der Waals surface area contributed by atoms with E-state index in [0.29, 0.717) is 26.2 Å². The predicted octanol–water partition coefficient (Wildman–Crippen LogP) is 2.28. The summed E-state index contributed by atoms with van der Waals surface area (Å²) in [7, 11) is 3.33. The molecule has 1 fully saturated rings. The first kappa shape index (κ1) is 17.8. The number of carbonyl (C=O) groups excluding carboxylic acids is 1. The topological polar surface area (TPSA) is 48.0 Å². The second-order valence-corrected chi connectivity index (χ2v) is 5.75. The van der Waals surface area contributed by atoms with Crippen LogP contribution in [0.5, 0.6) is 5.75 Å². The van der Waals surface area contributed by atoms with Crippen LogP contribution in [0.15, 0.2) is 24.3 Å². The zero-order valence-corrected chi connectivity index (χ0v) is 14.1. The van der Waals surface area contributed by atoms with Gasteiger partial charge in [-0.1, -0.05) is 18.2 Å². The van der Waals surface area contributed by atoms with Gasteiger partial charge in [-0.05, 0) is 30.9 Å². The Bertz CT molecular complexity index is 492. The van der Waals surface area contributed by atoms with E-state index in [1.54, 1.807) is 14.2 Å². The number of nitrogens with zero attached hydrogens (tertiary/aromatic N) is 1. The van der Waals surface area contributed by atoms with Gasteiger partial charge in [0.2, 0.25) is 5.91 Å². The molecule has 5 nitrogen and oxygen atoms in total. The third-order valence-electron chi connectivity index (χ3n) is 4.24. The molecule has 1 heterocycles. The number of ether oxygens (including phenoxy) is 3. The summed E-state index contributed by atoms with van der Waals surface area (Å²) in [6.07, 6.45) is 3.40. The molecular formula is C18H27NO4. The van der Waals surface area contributed by atoms with Crippen molar-refractivity contribution >= 4 is 5.91 Å². The van der Waals surface area contributed by atoms with Gasteiger partial charge in [-0.15, -0.1) is 0 Å². The molecule has 0 bridgehead atoms. The van der Waals surface area contributed by atoms with Gasteiger partial charge in [0, 0.05) is 19.7 Å². The Morgan fingerprint density at radius 1 is 1.22 bits per heavy atom. The molecule has 5 heteroatoms. The number of rotatable bonds is 9. The number of para-hydroxylation sites is 1. The van der Waals surface area contributed by atoms with Gasteiger partial charge < -0.3 is 19.1 Å². The van der Waals surface area contributed by atoms with E-state index in [-0.39, 0.29) is 11.9 Å². The normalized spacial score (nSPS) is 17.5. The van der Waals surface area contributed by atoms with Gasteiger partial charge in [0.1, 0.15) is 5.75 Å². The number of amides is 1. The van der Waals surface area contributed by atoms with E-state index in [4.69, 9.17) is 14.2 Å². The lowest BCUT2D eigenvalue weighted by Gasteiger charge is -2.25. The Morgan fingerprint density at radius 2 is 2.04 bits per heavy atom. The van der Waals surface area contributed by atoms with Crippen molar-refractivity contribution in [3.8, 4) is 5.75 Å². The van der Waals surface area contributed by atoms with Gasteiger partial charge in [-0.3, -0.25) is 4.79 Å². The lowest BCUT2D eigenvalue weighted by Crippen LogP contribution is -2.37. The molecule has 1 amide bonds. The van der Waals surface area contributed by atoms with Crippen molar-refractivity contribution in [3.63, 3.8) is 0 Å². The van der Waals surface area contributed by atoms with E-state index in [2.05, 4.69) is 6.07 Å². The zero-order valence-electron chi connectivity index (χ0n) is 14.1. The van der Waals surface area contributed by atoms with Gasteiger partial charge in [-0.25, -0.2) is 0 Å². The third-order valence-corrected chi connectivity index (χ3v) is 4.24. The molecule has 0 saturated carbocycles. The largest absolute Gasteiger partial charge is 0.496 e. The van der Waals surface area contributed by atoms with Gasteiger partial charge in [0.05, 0.1) is 33.4 Å². The fraction of sp³-hybridized carbons (Fsp3) is 0.611. The van der Waals surface area contributed by atoms with E-state index in [1.807, 2.05) is 23.1 Å². The van der Waals surface area contributed by atoms with E-state index < -0.39 is 0 Å². The number of carbonyl (C=O) groups is 1. The molecule has 1 aromatic rings. The fourth-order valence-electron chi connectivity index (χ4n) is 3.05. The quantitative estimate of drug-likeness (QED) is 0.655. The molecule has 1 unspecified atom stereocenters. The molecule has 0 aromatic heterocycles. The Morgan fingerprint density at radius 3 is 2.83 bits per heavy atom. The van der Waals surface area contributed by atoms with Crippen molar-refractivity contribution in [1.82, 2.24) is 4.90 Å². The van der Waals surface area contributed by atoms with Crippen molar-refractivity contribution in [2.24, 2.45) is 0 Å². The monoisotopic (exact) mass is 321 g/mol. The Hall–Kier alpha value is -1.59. The van der Waals surface area contributed by atoms with Crippen LogP contribution in [0.4, 0.5) is 0 Å². The molecule has 2 rings (SSSR count). The molecule has 0 spiro atoms. The van der Waals surface area contributed by atoms with Crippen molar-refractivity contribution in [1.29, 1.82) is 0 Å². The number of hydrogen-bond acceptors (Lipinski definition) is 4. The first-order chi connectivity index (χ1) is 11.3. The lowest BCUT2D eigenvalue weighted by molar-refractivity contribution is -0.133. The van der Waals surface area contributed by atoms with Crippen molar-refractivity contribution in [3.05, 3.63) is 29.8 Å². The van der Waals surface area contributed by atoms with E-state index >= 15 is 0 Å². The molecule has 23 heavy (non-hydrogen) atoms. The molecule has 128 valence electrons. The summed E-state index contributed by atoms with van der Waals surface area (Å²) in [5.74, 6) is 1.08. The fourth-order valence-corrected chi connectivity index (χ4v) is 3.05. The molecular weight excluding hydrogens is 294 g/mol. The summed E-state index contributed by atoms with van der Waals surface area (Å²) >= 11 is 0. The van der Waals surface area contributed by atoms with Gasteiger partial charge in [0.15, 0.2) is 0 Å². The van der Waals surface area contributed by atoms with Crippen LogP contribution >= 0.6 is 0 Å². The van der Waals surface area contributed by atoms with Crippen LogP contribution in [0.2, 0.25) is 0 Å². The van der Waals surface area contributed by atoms with Crippen LogP contribution in [0.1, 0.15) is 24.8 Å². The van der Waals surface area contributed by atoms with Crippen LogP contribution < -0.4 is 4.74 Å². The minimum atomic E-state index is 0.180. The molecule has 1 aromatic carbocycles. The lowest BCUT2D eigenvalue weighted by atomic mass is 10.0. The molecule has 0 aliphatic carbocycles. The first-order valence-electron chi connectivity index (χ1n) is 8.24. The smallest absolute Gasteiger partial charge is 0.225 e. The Kier molecular flexibility index (Phi) is 7.36. The standard InChI is InChI=1S/C18H27NO4/c1-21-12-13-23-11-9-18(20)19-10-5-7-16(19)14-15-6-3-4-8-17(15)22-2/h3-4,6,8,16H,5,7,9-14H2,1-2H3. The van der Waals surface area contributed by atoms with E-state index in [9.17, 15) is 4.79 Å². The summed E-state index contributed by atoms with van der Waals surface area (Å²) in [6.45, 7) is 2.40. The highest BCUT2D eigenvalue weighted by Gasteiger charge is 2.29. The minimum Gasteiger partial charge on any atom is -0.496 e. The second-order valence-electron chi connectivity index (χ2n) is 5.75. The van der Waals surface area contributed by atoms with Crippen molar-refractivity contribution < 1.29 is 19.0 Å². The molecule has 1 atom stereocenters. The van der Waals surface area contributed by atoms with Gasteiger partial charge >= 0.3 is 0 Å². The Balaban J connectivity index is 1.85. The zero-order chi connectivity index (χ0) is 16.5. The number of hydrogen-bond donors (Lipinski definition) is 0. The molecule has 0 radical (unpaired) electrons. The highest BCUT2D eigenvalue weighted by Crippen LogP contribution is 2.26. The maximum atomic E-state index is 12.4. The molecule has 1 aliphatic rings. The highest BCUT2D eigenvalue weighted by molar-refractivity contribution is 5.77. The summed E-state index contributed by atoms with van der Waals surface area (Å²) < 4.78 is 15.7. The van der Waals surface area contributed by atoms with Crippen LogP contribution in [0.3, 0.4) is 0 Å². The molecule has 1 saturated heterocycles. The summed E-state index contributed by atoms with van der Waals surface area (Å²) in [5, 5.41) is 0. The van der Waals surface area contributed by atoms with Crippen molar-refractivity contribution in [2.75, 3.05) is 40.6 Å². The maximum Gasteiger partial charge on any atom is 0.225 e. The van der Waals surface area contributed by atoms with Gasteiger partial charge in [0.25, 0.3) is 0 Å². The summed E-state index contributed by atoms with van der Waals surface area (Å²) in [5.41, 5.74) is 1.16. The number of likely N-dealkylation sites (tertiary alicyclic amines) is 1. The van der Waals surface area contributed by atoms with Crippen LogP contribution in [0, 0.1) is 0 Å².